The Labute approximate surface area is 165 Å². The van der Waals surface area contributed by atoms with E-state index in [4.69, 9.17) is 4.98 Å². The molecule has 1 atom stereocenters. The summed E-state index contributed by atoms with van der Waals surface area (Å²) in [6, 6.07) is 9.51. The number of pyridine rings is 1. The van der Waals surface area contributed by atoms with Gasteiger partial charge in [0.05, 0.1) is 16.6 Å². The molecule has 1 aromatic carbocycles. The van der Waals surface area contributed by atoms with Crippen LogP contribution in [0, 0.1) is 12.7 Å². The van der Waals surface area contributed by atoms with Gasteiger partial charge >= 0.3 is 0 Å². The molecule has 1 amide bonds. The number of hydrogen-bond acceptors (Lipinski definition) is 4. The van der Waals surface area contributed by atoms with Crippen molar-refractivity contribution >= 4 is 17.2 Å². The molecule has 1 aliphatic carbocycles. The van der Waals surface area contributed by atoms with Crippen molar-refractivity contribution in [2.45, 2.75) is 38.8 Å². The summed E-state index contributed by atoms with van der Waals surface area (Å²) in [6.07, 6.45) is 4.29. The first-order chi connectivity index (χ1) is 13.5. The number of halogens is 1. The Morgan fingerprint density at radius 3 is 2.86 bits per heavy atom. The highest BCUT2D eigenvalue weighted by atomic mass is 32.1. The van der Waals surface area contributed by atoms with E-state index in [-0.39, 0.29) is 29.9 Å². The van der Waals surface area contributed by atoms with E-state index in [1.54, 1.807) is 18.3 Å². The van der Waals surface area contributed by atoms with Gasteiger partial charge < -0.3 is 9.88 Å². The van der Waals surface area contributed by atoms with Crippen LogP contribution in [0.15, 0.2) is 47.4 Å². The number of nitrogens with zero attached hydrogens (tertiary/aromatic N) is 2. The van der Waals surface area contributed by atoms with Gasteiger partial charge in [0.25, 0.3) is 5.56 Å². The largest absolute Gasteiger partial charge is 0.347 e. The third-order valence-corrected chi connectivity index (χ3v) is 6.10. The maximum absolute atomic E-state index is 13.2. The number of aromatic nitrogens is 2. The lowest BCUT2D eigenvalue weighted by Crippen LogP contribution is -2.35. The van der Waals surface area contributed by atoms with Gasteiger partial charge in [0, 0.05) is 17.8 Å². The van der Waals surface area contributed by atoms with Gasteiger partial charge in [0.1, 0.15) is 17.4 Å². The van der Waals surface area contributed by atoms with E-state index in [2.05, 4.69) is 5.32 Å². The molecular weight excluding hydrogens is 377 g/mol. The van der Waals surface area contributed by atoms with Crippen LogP contribution in [-0.2, 0) is 17.8 Å². The standard InChI is InChI=1S/C21H20FN3O2S/c1-13-9-10-25(19(27)11-13)12-18(26)23-16-3-2-4-17-20(16)28-21(24-17)14-5-7-15(22)8-6-14/h5-11,16H,2-4,12H2,1H3,(H,23,26). The molecule has 144 valence electrons. The monoisotopic (exact) mass is 397 g/mol. The van der Waals surface area contributed by atoms with E-state index in [1.807, 2.05) is 13.0 Å². The highest BCUT2D eigenvalue weighted by molar-refractivity contribution is 7.15. The van der Waals surface area contributed by atoms with Crippen LogP contribution in [-0.4, -0.2) is 15.5 Å². The van der Waals surface area contributed by atoms with Crippen molar-refractivity contribution in [1.29, 1.82) is 0 Å². The van der Waals surface area contributed by atoms with E-state index in [9.17, 15) is 14.0 Å². The van der Waals surface area contributed by atoms with Crippen molar-refractivity contribution in [3.8, 4) is 10.6 Å². The Kier molecular flexibility index (Phi) is 5.09. The molecule has 2 heterocycles. The van der Waals surface area contributed by atoms with E-state index in [0.717, 1.165) is 46.0 Å². The van der Waals surface area contributed by atoms with Crippen LogP contribution in [0.4, 0.5) is 4.39 Å². The number of carbonyl (C=O) groups excluding carboxylic acids is 1. The number of aryl methyl sites for hydroxylation is 2. The number of thiazole rings is 1. The Hall–Kier alpha value is -2.80. The minimum atomic E-state index is -0.276. The fraction of sp³-hybridized carbons (Fsp3) is 0.286. The summed E-state index contributed by atoms with van der Waals surface area (Å²) in [6.45, 7) is 1.84. The summed E-state index contributed by atoms with van der Waals surface area (Å²) in [5.41, 5.74) is 2.55. The second kappa shape index (κ2) is 7.67. The molecule has 1 N–H and O–H groups in total. The molecule has 4 rings (SSSR count). The van der Waals surface area contributed by atoms with E-state index in [0.29, 0.717) is 0 Å². The Bertz CT molecular complexity index is 1070. The fourth-order valence-corrected chi connectivity index (χ4v) is 4.61. The zero-order chi connectivity index (χ0) is 19.7. The van der Waals surface area contributed by atoms with Gasteiger partial charge in [-0.3, -0.25) is 9.59 Å². The average molecular weight is 397 g/mol. The summed E-state index contributed by atoms with van der Waals surface area (Å²) in [4.78, 5) is 30.3. The summed E-state index contributed by atoms with van der Waals surface area (Å²) >= 11 is 1.54. The van der Waals surface area contributed by atoms with Gasteiger partial charge in [-0.1, -0.05) is 0 Å². The first kappa shape index (κ1) is 18.6. The summed E-state index contributed by atoms with van der Waals surface area (Å²) in [5.74, 6) is -0.470. The number of rotatable bonds is 4. The van der Waals surface area contributed by atoms with Crippen LogP contribution >= 0.6 is 11.3 Å². The lowest BCUT2D eigenvalue weighted by molar-refractivity contribution is -0.122. The van der Waals surface area contributed by atoms with Crippen LogP contribution in [0.25, 0.3) is 10.6 Å². The molecule has 28 heavy (non-hydrogen) atoms. The van der Waals surface area contributed by atoms with Gasteiger partial charge in [-0.25, -0.2) is 9.37 Å². The van der Waals surface area contributed by atoms with Crippen LogP contribution in [0.3, 0.4) is 0 Å². The third kappa shape index (κ3) is 3.89. The molecule has 2 aromatic heterocycles. The minimum absolute atomic E-state index is 0.00539. The minimum Gasteiger partial charge on any atom is -0.347 e. The second-order valence-electron chi connectivity index (χ2n) is 7.02. The number of hydrogen-bond donors (Lipinski definition) is 1. The Morgan fingerprint density at radius 1 is 1.32 bits per heavy atom. The highest BCUT2D eigenvalue weighted by Crippen LogP contribution is 2.37. The van der Waals surface area contributed by atoms with Crippen molar-refractivity contribution in [3.63, 3.8) is 0 Å². The van der Waals surface area contributed by atoms with Gasteiger partial charge in [-0.05, 0) is 62.1 Å². The maximum Gasteiger partial charge on any atom is 0.251 e. The second-order valence-corrected chi connectivity index (χ2v) is 8.05. The number of nitrogens with one attached hydrogen (secondary N) is 1. The molecule has 0 radical (unpaired) electrons. The van der Waals surface area contributed by atoms with Crippen LogP contribution in [0.1, 0.15) is 35.0 Å². The SMILES string of the molecule is Cc1ccn(CC(=O)NC2CCCc3nc(-c4ccc(F)cc4)sc32)c(=O)c1. The highest BCUT2D eigenvalue weighted by Gasteiger charge is 2.26. The molecule has 0 bridgehead atoms. The van der Waals surface area contributed by atoms with Crippen molar-refractivity contribution < 1.29 is 9.18 Å². The number of fused-ring (bicyclic) bond motifs is 1. The molecular formula is C21H20FN3O2S. The number of carbonyl (C=O) groups is 1. The summed E-state index contributed by atoms with van der Waals surface area (Å²) in [7, 11) is 0. The molecule has 0 aliphatic heterocycles. The molecule has 0 saturated carbocycles. The van der Waals surface area contributed by atoms with Gasteiger partial charge in [0.2, 0.25) is 5.91 Å². The average Bonchev–Trinajstić information content (AvgIpc) is 3.10. The van der Waals surface area contributed by atoms with Crippen molar-refractivity contribution in [3.05, 3.63) is 74.9 Å². The molecule has 0 spiro atoms. The van der Waals surface area contributed by atoms with Crippen LogP contribution in [0.2, 0.25) is 0 Å². The number of amides is 1. The Balaban J connectivity index is 1.52. The van der Waals surface area contributed by atoms with Gasteiger partial charge in [-0.2, -0.15) is 0 Å². The van der Waals surface area contributed by atoms with E-state index >= 15 is 0 Å². The first-order valence-corrected chi connectivity index (χ1v) is 10.0. The topological polar surface area (TPSA) is 64.0 Å². The molecule has 7 heteroatoms. The van der Waals surface area contributed by atoms with Gasteiger partial charge in [0.15, 0.2) is 0 Å². The van der Waals surface area contributed by atoms with Gasteiger partial charge in [-0.15, -0.1) is 11.3 Å². The lowest BCUT2D eigenvalue weighted by Gasteiger charge is -2.22. The van der Waals surface area contributed by atoms with Crippen LogP contribution in [0.5, 0.6) is 0 Å². The zero-order valence-electron chi connectivity index (χ0n) is 15.4. The van der Waals surface area contributed by atoms with Crippen molar-refractivity contribution in [2.24, 2.45) is 0 Å². The van der Waals surface area contributed by atoms with Crippen LogP contribution < -0.4 is 10.9 Å². The maximum atomic E-state index is 13.2. The summed E-state index contributed by atoms with van der Waals surface area (Å²) < 4.78 is 14.6. The predicted molar refractivity (Wildman–Crippen MR) is 107 cm³/mol. The molecule has 1 aliphatic rings. The summed E-state index contributed by atoms with van der Waals surface area (Å²) in [5, 5.41) is 3.89. The predicted octanol–water partition coefficient (Wildman–Crippen LogP) is 3.61. The first-order valence-electron chi connectivity index (χ1n) is 9.21. The van der Waals surface area contributed by atoms with E-state index < -0.39 is 0 Å². The molecule has 0 saturated heterocycles. The Morgan fingerprint density at radius 2 is 2.11 bits per heavy atom. The molecule has 1 unspecified atom stereocenters. The lowest BCUT2D eigenvalue weighted by atomic mass is 9.98. The van der Waals surface area contributed by atoms with Crippen molar-refractivity contribution in [2.75, 3.05) is 0 Å². The third-order valence-electron chi connectivity index (χ3n) is 4.84. The molecule has 0 fully saturated rings. The fourth-order valence-electron chi connectivity index (χ4n) is 3.41. The number of benzene rings is 1. The zero-order valence-corrected chi connectivity index (χ0v) is 16.3. The van der Waals surface area contributed by atoms with Crippen molar-refractivity contribution in [1.82, 2.24) is 14.9 Å². The van der Waals surface area contributed by atoms with E-state index in [1.165, 1.54) is 34.1 Å². The quantitative estimate of drug-likeness (QED) is 0.731. The smallest absolute Gasteiger partial charge is 0.251 e. The molecule has 3 aromatic rings. The normalized spacial score (nSPS) is 15.9. The molecule has 5 nitrogen and oxygen atoms in total.